The Morgan fingerprint density at radius 2 is 2.20 bits per heavy atom. The normalized spacial score (nSPS) is 18.9. The van der Waals surface area contributed by atoms with E-state index < -0.39 is 0 Å². The molecular weight excluding hydrogens is 274 g/mol. The number of nitrogens with two attached hydrogens (primary N) is 1. The molecule has 3 N–H and O–H groups in total. The number of likely N-dealkylation sites (N-methyl/N-ethyl adjacent to an activating group) is 1. The second-order valence-corrected chi connectivity index (χ2v) is 6.12. The van der Waals surface area contributed by atoms with Crippen molar-refractivity contribution in [2.75, 3.05) is 45.5 Å². The maximum Gasteiger partial charge on any atom is 0.237 e. The molecule has 1 aromatic heterocycles. The van der Waals surface area contributed by atoms with E-state index in [1.165, 1.54) is 11.3 Å². The van der Waals surface area contributed by atoms with E-state index in [4.69, 9.17) is 5.73 Å². The molecule has 0 bridgehead atoms. The third-order valence-electron chi connectivity index (χ3n) is 3.71. The van der Waals surface area contributed by atoms with Crippen molar-refractivity contribution >= 4 is 22.4 Å². The minimum atomic E-state index is -0.0656. The number of aromatic nitrogens is 1. The first-order valence-electron chi connectivity index (χ1n) is 6.96. The summed E-state index contributed by atoms with van der Waals surface area (Å²) in [6, 6.07) is -0.0656. The molecule has 20 heavy (non-hydrogen) atoms. The molecule has 2 rings (SSSR count). The number of carbonyl (C=O) groups is 1. The van der Waals surface area contributed by atoms with Crippen LogP contribution in [0, 0.1) is 0 Å². The van der Waals surface area contributed by atoms with Gasteiger partial charge in [0.2, 0.25) is 5.91 Å². The lowest BCUT2D eigenvalue weighted by molar-refractivity contribution is -0.126. The predicted octanol–water partition coefficient (Wildman–Crippen LogP) is 0.0199. The lowest BCUT2D eigenvalue weighted by Gasteiger charge is -2.35. The van der Waals surface area contributed by atoms with E-state index in [-0.39, 0.29) is 11.9 Å². The summed E-state index contributed by atoms with van der Waals surface area (Å²) in [4.78, 5) is 20.8. The predicted molar refractivity (Wildman–Crippen MR) is 81.8 cm³/mol. The molecule has 0 aliphatic carbocycles. The lowest BCUT2D eigenvalue weighted by atomic mass is 10.2. The van der Waals surface area contributed by atoms with Gasteiger partial charge in [0, 0.05) is 44.5 Å². The summed E-state index contributed by atoms with van der Waals surface area (Å²) < 4.78 is 0. The second kappa shape index (κ2) is 7.01. The van der Waals surface area contributed by atoms with Crippen molar-refractivity contribution in [1.82, 2.24) is 20.1 Å². The first kappa shape index (κ1) is 15.2. The zero-order chi connectivity index (χ0) is 14.5. The monoisotopic (exact) mass is 297 g/mol. The van der Waals surface area contributed by atoms with Crippen LogP contribution in [0.2, 0.25) is 0 Å². The Balaban J connectivity index is 1.71. The molecule has 112 valence electrons. The van der Waals surface area contributed by atoms with Gasteiger partial charge < -0.3 is 16.0 Å². The maximum absolute atomic E-state index is 12.1. The van der Waals surface area contributed by atoms with Crippen molar-refractivity contribution in [2.45, 2.75) is 19.4 Å². The van der Waals surface area contributed by atoms with Crippen LogP contribution in [0.25, 0.3) is 0 Å². The number of thiazole rings is 1. The molecule has 0 saturated carbocycles. The van der Waals surface area contributed by atoms with Crippen molar-refractivity contribution in [3.05, 3.63) is 11.1 Å². The van der Waals surface area contributed by atoms with E-state index >= 15 is 0 Å². The molecule has 0 radical (unpaired) electrons. The first-order valence-corrected chi connectivity index (χ1v) is 7.84. The van der Waals surface area contributed by atoms with Gasteiger partial charge in [-0.15, -0.1) is 11.3 Å². The largest absolute Gasteiger partial charge is 0.375 e. The number of hydrogen-bond donors (Lipinski definition) is 2. The number of nitrogens with one attached hydrogen (secondary N) is 1. The molecule has 1 atom stereocenters. The molecular formula is C13H23N5OS. The van der Waals surface area contributed by atoms with Gasteiger partial charge in [-0.25, -0.2) is 4.98 Å². The van der Waals surface area contributed by atoms with Gasteiger partial charge in [-0.2, -0.15) is 0 Å². The number of nitrogen functional groups attached to an aromatic ring is 1. The molecule has 0 spiro atoms. The first-order chi connectivity index (χ1) is 9.56. The van der Waals surface area contributed by atoms with Crippen LogP contribution < -0.4 is 11.1 Å². The number of piperazine rings is 1. The molecule has 7 heteroatoms. The summed E-state index contributed by atoms with van der Waals surface area (Å²) in [7, 11) is 2.11. The van der Waals surface area contributed by atoms with E-state index in [1.54, 1.807) is 0 Å². The highest BCUT2D eigenvalue weighted by atomic mass is 32.1. The van der Waals surface area contributed by atoms with E-state index in [9.17, 15) is 4.79 Å². The zero-order valence-electron chi connectivity index (χ0n) is 12.1. The van der Waals surface area contributed by atoms with Crippen LogP contribution in [0.3, 0.4) is 0 Å². The van der Waals surface area contributed by atoms with Gasteiger partial charge in [-0.05, 0) is 14.0 Å². The summed E-state index contributed by atoms with van der Waals surface area (Å²) in [5.41, 5.74) is 6.52. The molecule has 1 aromatic rings. The molecule has 1 aliphatic rings. The highest BCUT2D eigenvalue weighted by molar-refractivity contribution is 7.13. The number of carbonyl (C=O) groups excluding carboxylic acids is 1. The molecule has 1 fully saturated rings. The molecule has 1 saturated heterocycles. The zero-order valence-corrected chi connectivity index (χ0v) is 12.9. The maximum atomic E-state index is 12.1. The Kier molecular flexibility index (Phi) is 5.33. The minimum absolute atomic E-state index is 0.0656. The van der Waals surface area contributed by atoms with Crippen molar-refractivity contribution < 1.29 is 4.79 Å². The van der Waals surface area contributed by atoms with Crippen LogP contribution >= 0.6 is 11.3 Å². The molecule has 1 aliphatic heterocycles. The van der Waals surface area contributed by atoms with Gasteiger partial charge in [-0.3, -0.25) is 9.69 Å². The van der Waals surface area contributed by atoms with Gasteiger partial charge >= 0.3 is 0 Å². The van der Waals surface area contributed by atoms with Crippen LogP contribution in [0.4, 0.5) is 5.13 Å². The third-order valence-corrected chi connectivity index (χ3v) is 4.44. The van der Waals surface area contributed by atoms with Gasteiger partial charge in [0.1, 0.15) is 0 Å². The topological polar surface area (TPSA) is 74.5 Å². The van der Waals surface area contributed by atoms with Gasteiger partial charge in [-0.1, -0.05) is 0 Å². The number of rotatable bonds is 5. The molecule has 6 nitrogen and oxygen atoms in total. The summed E-state index contributed by atoms with van der Waals surface area (Å²) in [5, 5.41) is 5.49. The Hall–Kier alpha value is -1.18. The Labute approximate surface area is 124 Å². The summed E-state index contributed by atoms with van der Waals surface area (Å²) in [6.07, 6.45) is 0.731. The summed E-state index contributed by atoms with van der Waals surface area (Å²) in [6.45, 7) is 6.54. The molecule has 1 unspecified atom stereocenters. The lowest BCUT2D eigenvalue weighted by Crippen LogP contribution is -2.53. The van der Waals surface area contributed by atoms with E-state index in [0.29, 0.717) is 11.7 Å². The van der Waals surface area contributed by atoms with Crippen molar-refractivity contribution in [3.63, 3.8) is 0 Å². The highest BCUT2D eigenvalue weighted by Crippen LogP contribution is 2.11. The SMILES string of the molecule is CC(C(=O)NCCc1csc(N)n1)N1CCN(C)CC1. The fourth-order valence-electron chi connectivity index (χ4n) is 2.27. The van der Waals surface area contributed by atoms with E-state index in [0.717, 1.165) is 38.3 Å². The van der Waals surface area contributed by atoms with Crippen molar-refractivity contribution in [2.24, 2.45) is 0 Å². The average Bonchev–Trinajstić information content (AvgIpc) is 2.84. The van der Waals surface area contributed by atoms with Gasteiger partial charge in [0.15, 0.2) is 5.13 Å². The molecule has 1 amide bonds. The van der Waals surface area contributed by atoms with Gasteiger partial charge in [0.25, 0.3) is 0 Å². The standard InChI is InChI=1S/C13H23N5OS/c1-10(18-7-5-17(2)6-8-18)12(19)15-4-3-11-9-20-13(14)16-11/h9-10H,3-8H2,1-2H3,(H2,14,16)(H,15,19). The van der Waals surface area contributed by atoms with Crippen LogP contribution in [0.1, 0.15) is 12.6 Å². The molecule has 2 heterocycles. The van der Waals surface area contributed by atoms with Crippen LogP contribution in [0.5, 0.6) is 0 Å². The Morgan fingerprint density at radius 1 is 1.50 bits per heavy atom. The second-order valence-electron chi connectivity index (χ2n) is 5.23. The Bertz CT molecular complexity index is 442. The fourth-order valence-corrected chi connectivity index (χ4v) is 2.87. The summed E-state index contributed by atoms with van der Waals surface area (Å²) >= 11 is 1.43. The average molecular weight is 297 g/mol. The van der Waals surface area contributed by atoms with Crippen LogP contribution in [-0.4, -0.2) is 66.5 Å². The number of nitrogens with zero attached hydrogens (tertiary/aromatic N) is 3. The van der Waals surface area contributed by atoms with Crippen LogP contribution in [0.15, 0.2) is 5.38 Å². The van der Waals surface area contributed by atoms with Crippen molar-refractivity contribution in [3.8, 4) is 0 Å². The number of amides is 1. The van der Waals surface area contributed by atoms with E-state index in [1.807, 2.05) is 12.3 Å². The van der Waals surface area contributed by atoms with Crippen molar-refractivity contribution in [1.29, 1.82) is 0 Å². The highest BCUT2D eigenvalue weighted by Gasteiger charge is 2.23. The number of hydrogen-bond acceptors (Lipinski definition) is 6. The van der Waals surface area contributed by atoms with Gasteiger partial charge in [0.05, 0.1) is 11.7 Å². The Morgan fingerprint density at radius 3 is 2.80 bits per heavy atom. The smallest absolute Gasteiger partial charge is 0.237 e. The minimum Gasteiger partial charge on any atom is -0.375 e. The van der Waals surface area contributed by atoms with E-state index in [2.05, 4.69) is 27.1 Å². The molecule has 0 aromatic carbocycles. The number of anilines is 1. The fraction of sp³-hybridized carbons (Fsp3) is 0.692. The van der Waals surface area contributed by atoms with Crippen LogP contribution in [-0.2, 0) is 11.2 Å². The summed E-state index contributed by atoms with van der Waals surface area (Å²) in [5.74, 6) is 0.0951. The third kappa shape index (κ3) is 4.16. The quantitative estimate of drug-likeness (QED) is 0.801.